The molecule has 0 saturated carbocycles. The molecule has 1 rings (SSSR count). The Bertz CT molecular complexity index is 571. The summed E-state index contributed by atoms with van der Waals surface area (Å²) < 4.78 is 4.23. The molecule has 0 radical (unpaired) electrons. The fraction of sp³-hybridized carbons (Fsp3) is 0.125. The molecule has 0 aliphatic rings. The van der Waals surface area contributed by atoms with E-state index in [1.165, 1.54) is 6.08 Å². The molecule has 13 heavy (non-hydrogen) atoms. The summed E-state index contributed by atoms with van der Waals surface area (Å²) in [5.74, 6) is -0.826. The molecule has 0 spiro atoms. The van der Waals surface area contributed by atoms with Crippen molar-refractivity contribution in [1.29, 1.82) is 5.26 Å². The first-order valence-electron chi connectivity index (χ1n) is 3.48. The minimum absolute atomic E-state index is 0.0598. The lowest BCUT2D eigenvalue weighted by molar-refractivity contribution is 0.440. The quantitative estimate of drug-likeness (QED) is 0.520. The molecule has 0 aliphatic carbocycles. The van der Waals surface area contributed by atoms with Gasteiger partial charge in [-0.25, -0.2) is 9.59 Å². The Kier molecular flexibility index (Phi) is 2.45. The lowest BCUT2D eigenvalue weighted by atomic mass is 10.4. The molecule has 5 nitrogen and oxygen atoms in total. The first-order valence-corrected chi connectivity index (χ1v) is 3.48. The lowest BCUT2D eigenvalue weighted by Gasteiger charge is -1.84. The van der Waals surface area contributed by atoms with Gasteiger partial charge >= 0.3 is 11.4 Å². The number of H-pyrrole nitrogens is 1. The van der Waals surface area contributed by atoms with E-state index >= 15 is 0 Å². The van der Waals surface area contributed by atoms with Gasteiger partial charge in [0.25, 0.3) is 0 Å². The van der Waals surface area contributed by atoms with E-state index < -0.39 is 11.4 Å². The zero-order valence-corrected chi connectivity index (χ0v) is 6.83. The van der Waals surface area contributed by atoms with Crippen LogP contribution in [0.15, 0.2) is 14.0 Å². The minimum Gasteiger partial charge on any atom is -0.372 e. The van der Waals surface area contributed by atoms with Gasteiger partial charge in [-0.05, 0) is 6.92 Å². The fourth-order valence-electron chi connectivity index (χ4n) is 0.881. The second-order valence-electron chi connectivity index (χ2n) is 2.19. The molecular formula is C8H6N2O3. The predicted octanol–water partition coefficient (Wildman–Crippen LogP) is -1.57. The van der Waals surface area contributed by atoms with Gasteiger partial charge in [0.15, 0.2) is 0 Å². The zero-order valence-electron chi connectivity index (χ0n) is 6.83. The highest BCUT2D eigenvalue weighted by Gasteiger charge is 1.95. The Balaban J connectivity index is 3.95. The summed E-state index contributed by atoms with van der Waals surface area (Å²) in [6.45, 7) is 1.64. The third kappa shape index (κ3) is 1.73. The van der Waals surface area contributed by atoms with Crippen LogP contribution in [0.5, 0.6) is 0 Å². The number of aromatic nitrogens is 1. The summed E-state index contributed by atoms with van der Waals surface area (Å²) in [6, 6.07) is 1.69. The highest BCUT2D eigenvalue weighted by molar-refractivity contribution is 5.39. The Hall–Kier alpha value is -2.09. The normalized spacial score (nSPS) is 12.9. The van der Waals surface area contributed by atoms with Gasteiger partial charge in [0.1, 0.15) is 0 Å². The summed E-state index contributed by atoms with van der Waals surface area (Å²) in [4.78, 5) is 24.0. The molecule has 0 atom stereocenters. The first kappa shape index (κ1) is 9.00. The topological polar surface area (TPSA) is 86.9 Å². The molecule has 5 heteroatoms. The highest BCUT2D eigenvalue weighted by atomic mass is 16.4. The molecule has 0 unspecified atom stereocenters. The van der Waals surface area contributed by atoms with Crippen molar-refractivity contribution in [1.82, 2.24) is 4.98 Å². The van der Waals surface area contributed by atoms with Crippen molar-refractivity contribution in [3.8, 4) is 6.07 Å². The maximum absolute atomic E-state index is 11.0. The van der Waals surface area contributed by atoms with Crippen molar-refractivity contribution in [3.63, 3.8) is 0 Å². The van der Waals surface area contributed by atoms with Crippen LogP contribution in [0.3, 0.4) is 0 Å². The smallest absolute Gasteiger partial charge is 0.372 e. The molecule has 0 aliphatic heterocycles. The van der Waals surface area contributed by atoms with Crippen LogP contribution in [0.2, 0.25) is 0 Å². The van der Waals surface area contributed by atoms with Crippen molar-refractivity contribution in [3.05, 3.63) is 31.5 Å². The van der Waals surface area contributed by atoms with E-state index in [2.05, 4.69) is 9.40 Å². The molecule has 0 amide bonds. The first-order chi connectivity index (χ1) is 6.19. The fourth-order valence-corrected chi connectivity index (χ4v) is 0.881. The Labute approximate surface area is 72.3 Å². The van der Waals surface area contributed by atoms with Crippen molar-refractivity contribution in [2.24, 2.45) is 0 Å². The van der Waals surface area contributed by atoms with Gasteiger partial charge < -0.3 is 4.42 Å². The van der Waals surface area contributed by atoms with Crippen LogP contribution >= 0.6 is 0 Å². The number of hydrogen-bond acceptors (Lipinski definition) is 4. The number of aromatic amines is 1. The summed E-state index contributed by atoms with van der Waals surface area (Å²) in [5, 5.41) is 8.70. The van der Waals surface area contributed by atoms with E-state index in [1.54, 1.807) is 13.0 Å². The predicted molar refractivity (Wildman–Crippen MR) is 45.1 cm³/mol. The van der Waals surface area contributed by atoms with Gasteiger partial charge in [-0.1, -0.05) is 6.08 Å². The minimum atomic E-state index is -0.826. The van der Waals surface area contributed by atoms with E-state index in [1.807, 2.05) is 0 Å². The van der Waals surface area contributed by atoms with E-state index in [0.29, 0.717) is 5.35 Å². The van der Waals surface area contributed by atoms with Gasteiger partial charge in [0, 0.05) is 6.08 Å². The van der Waals surface area contributed by atoms with Crippen LogP contribution in [0, 0.1) is 11.3 Å². The molecule has 0 bridgehead atoms. The number of hydrogen-bond donors (Lipinski definition) is 1. The summed E-state index contributed by atoms with van der Waals surface area (Å²) in [6.07, 6.45) is 2.54. The van der Waals surface area contributed by atoms with E-state index in [9.17, 15) is 9.59 Å². The number of rotatable bonds is 0. The standard InChI is InChI=1S/C8H6N2O3/c1-2-6-5(3-4-9)7(11)13-8(12)10-6/h2-3H,1H3,(H,10,12)/b5-3+,6-2+. The van der Waals surface area contributed by atoms with Crippen LogP contribution in [-0.4, -0.2) is 4.98 Å². The molecule has 1 aromatic heterocycles. The highest BCUT2D eigenvalue weighted by Crippen LogP contribution is 1.54. The molecule has 1 N–H and O–H groups in total. The van der Waals surface area contributed by atoms with Crippen molar-refractivity contribution < 1.29 is 4.42 Å². The van der Waals surface area contributed by atoms with Crippen molar-refractivity contribution in [2.45, 2.75) is 6.92 Å². The van der Waals surface area contributed by atoms with Crippen LogP contribution in [0.1, 0.15) is 6.92 Å². The second-order valence-corrected chi connectivity index (χ2v) is 2.19. The Morgan fingerprint density at radius 2 is 2.23 bits per heavy atom. The van der Waals surface area contributed by atoms with Crippen molar-refractivity contribution >= 4 is 12.2 Å². The monoisotopic (exact) mass is 178 g/mol. The zero-order chi connectivity index (χ0) is 9.84. The Morgan fingerprint density at radius 3 is 2.77 bits per heavy atom. The summed E-state index contributed by atoms with van der Waals surface area (Å²) >= 11 is 0. The maximum atomic E-state index is 11.0. The molecule has 0 fully saturated rings. The van der Waals surface area contributed by atoms with E-state index in [0.717, 1.165) is 6.08 Å². The Morgan fingerprint density at radius 1 is 1.54 bits per heavy atom. The summed E-state index contributed by atoms with van der Waals surface area (Å²) in [5.41, 5.74) is -0.807. The van der Waals surface area contributed by atoms with E-state index in [-0.39, 0.29) is 5.22 Å². The van der Waals surface area contributed by atoms with Gasteiger partial charge in [-0.15, -0.1) is 0 Å². The van der Waals surface area contributed by atoms with Crippen LogP contribution in [-0.2, 0) is 0 Å². The molecule has 1 aromatic rings. The van der Waals surface area contributed by atoms with Crippen LogP contribution in [0.25, 0.3) is 12.2 Å². The molecule has 1 heterocycles. The lowest BCUT2D eigenvalue weighted by Crippen LogP contribution is -2.44. The van der Waals surface area contributed by atoms with Gasteiger partial charge in [-0.2, -0.15) is 5.26 Å². The summed E-state index contributed by atoms with van der Waals surface area (Å²) in [7, 11) is 0. The van der Waals surface area contributed by atoms with Gasteiger partial charge in [0.2, 0.25) is 0 Å². The third-order valence-corrected chi connectivity index (χ3v) is 1.43. The largest absolute Gasteiger partial charge is 0.419 e. The van der Waals surface area contributed by atoms with Gasteiger partial charge in [-0.3, -0.25) is 4.98 Å². The average Bonchev–Trinajstić information content (AvgIpc) is 2.09. The van der Waals surface area contributed by atoms with Gasteiger partial charge in [0.05, 0.1) is 16.6 Å². The number of nitrogens with one attached hydrogen (secondary N) is 1. The van der Waals surface area contributed by atoms with Crippen LogP contribution in [0.4, 0.5) is 0 Å². The maximum Gasteiger partial charge on any atom is 0.419 e. The molecular weight excluding hydrogens is 172 g/mol. The second kappa shape index (κ2) is 3.54. The SMILES string of the molecule is C/C=c1/[nH]c(=O)oc(=O)/c1=C/C#N. The van der Waals surface area contributed by atoms with E-state index in [4.69, 9.17) is 5.26 Å². The molecule has 0 aromatic carbocycles. The van der Waals surface area contributed by atoms with Crippen LogP contribution < -0.4 is 21.9 Å². The number of nitrogens with zero attached hydrogens (tertiary/aromatic N) is 1. The molecule has 0 saturated heterocycles. The number of nitriles is 1. The third-order valence-electron chi connectivity index (χ3n) is 1.43. The van der Waals surface area contributed by atoms with Crippen molar-refractivity contribution in [2.75, 3.05) is 0 Å². The average molecular weight is 178 g/mol. The molecule has 66 valence electrons.